The van der Waals surface area contributed by atoms with Crippen molar-refractivity contribution in [3.8, 4) is 0 Å². The standard InChI is InChI=1S/C15H28N2O2/c1-12(14-3-6-16-7-4-14)9-15(18)17(2)10-13-5-8-19-11-13/h12-14,16H,3-11H2,1-2H3. The van der Waals surface area contributed by atoms with Gasteiger partial charge in [0.2, 0.25) is 5.91 Å². The van der Waals surface area contributed by atoms with E-state index in [-0.39, 0.29) is 0 Å². The average molecular weight is 268 g/mol. The zero-order valence-corrected chi connectivity index (χ0v) is 12.4. The topological polar surface area (TPSA) is 41.6 Å². The van der Waals surface area contributed by atoms with Crippen molar-refractivity contribution < 1.29 is 9.53 Å². The number of nitrogens with zero attached hydrogens (tertiary/aromatic N) is 1. The highest BCUT2D eigenvalue weighted by Crippen LogP contribution is 2.25. The minimum atomic E-state index is 0.304. The molecular formula is C15H28N2O2. The second kappa shape index (κ2) is 7.25. The molecular weight excluding hydrogens is 240 g/mol. The highest BCUT2D eigenvalue weighted by Gasteiger charge is 2.25. The van der Waals surface area contributed by atoms with Crippen LogP contribution in [-0.4, -0.2) is 50.7 Å². The molecule has 0 spiro atoms. The van der Waals surface area contributed by atoms with E-state index in [4.69, 9.17) is 4.74 Å². The zero-order chi connectivity index (χ0) is 13.7. The number of carbonyl (C=O) groups is 1. The largest absolute Gasteiger partial charge is 0.381 e. The molecule has 2 aliphatic heterocycles. The van der Waals surface area contributed by atoms with Gasteiger partial charge in [0, 0.05) is 32.5 Å². The van der Waals surface area contributed by atoms with Crippen molar-refractivity contribution in [1.82, 2.24) is 10.2 Å². The third-order valence-corrected chi connectivity index (χ3v) is 4.67. The van der Waals surface area contributed by atoms with Crippen molar-refractivity contribution in [2.24, 2.45) is 17.8 Å². The quantitative estimate of drug-likeness (QED) is 0.822. The van der Waals surface area contributed by atoms with E-state index in [9.17, 15) is 4.79 Å². The molecule has 1 amide bonds. The first-order chi connectivity index (χ1) is 9.16. The van der Waals surface area contributed by atoms with Crippen molar-refractivity contribution in [2.45, 2.75) is 32.6 Å². The van der Waals surface area contributed by atoms with Gasteiger partial charge in [-0.2, -0.15) is 0 Å². The second-order valence-corrected chi connectivity index (χ2v) is 6.27. The number of ether oxygens (including phenoxy) is 1. The molecule has 2 saturated heterocycles. The van der Waals surface area contributed by atoms with E-state index in [1.54, 1.807) is 0 Å². The zero-order valence-electron chi connectivity index (χ0n) is 12.4. The molecule has 4 nitrogen and oxygen atoms in total. The van der Waals surface area contributed by atoms with Crippen LogP contribution in [0.5, 0.6) is 0 Å². The number of carbonyl (C=O) groups excluding carboxylic acids is 1. The lowest BCUT2D eigenvalue weighted by atomic mass is 9.84. The van der Waals surface area contributed by atoms with Crippen LogP contribution in [-0.2, 0) is 9.53 Å². The first-order valence-electron chi connectivity index (χ1n) is 7.69. The summed E-state index contributed by atoms with van der Waals surface area (Å²) < 4.78 is 5.37. The van der Waals surface area contributed by atoms with Crippen molar-refractivity contribution >= 4 is 5.91 Å². The molecule has 2 rings (SSSR count). The van der Waals surface area contributed by atoms with Gasteiger partial charge in [-0.05, 0) is 44.2 Å². The van der Waals surface area contributed by atoms with Crippen LogP contribution in [0.1, 0.15) is 32.6 Å². The Kier molecular flexibility index (Phi) is 5.64. The van der Waals surface area contributed by atoms with Gasteiger partial charge in [-0.1, -0.05) is 6.92 Å². The molecule has 4 heteroatoms. The first-order valence-corrected chi connectivity index (χ1v) is 7.69. The minimum absolute atomic E-state index is 0.304. The van der Waals surface area contributed by atoms with Crippen LogP contribution >= 0.6 is 0 Å². The fourth-order valence-corrected chi connectivity index (χ4v) is 3.23. The summed E-state index contributed by atoms with van der Waals surface area (Å²) in [5.74, 6) is 2.08. The maximum absolute atomic E-state index is 12.3. The molecule has 0 saturated carbocycles. The third kappa shape index (κ3) is 4.46. The Morgan fingerprint density at radius 1 is 1.37 bits per heavy atom. The SMILES string of the molecule is CC(CC(=O)N(C)CC1CCOC1)C1CCNCC1. The minimum Gasteiger partial charge on any atom is -0.381 e. The summed E-state index contributed by atoms with van der Waals surface area (Å²) in [5, 5.41) is 3.38. The van der Waals surface area contributed by atoms with Crippen molar-refractivity contribution in [3.05, 3.63) is 0 Å². The Balaban J connectivity index is 1.72. The average Bonchev–Trinajstić information content (AvgIpc) is 2.92. The number of hydrogen-bond donors (Lipinski definition) is 1. The number of piperidine rings is 1. The molecule has 2 aliphatic rings. The van der Waals surface area contributed by atoms with Crippen LogP contribution in [0.4, 0.5) is 0 Å². The van der Waals surface area contributed by atoms with E-state index >= 15 is 0 Å². The molecule has 0 aromatic heterocycles. The van der Waals surface area contributed by atoms with Crippen LogP contribution in [0.3, 0.4) is 0 Å². The number of hydrogen-bond acceptors (Lipinski definition) is 3. The predicted octanol–water partition coefficient (Wildman–Crippen LogP) is 1.51. The number of amides is 1. The molecule has 0 bridgehead atoms. The van der Waals surface area contributed by atoms with E-state index < -0.39 is 0 Å². The van der Waals surface area contributed by atoms with E-state index in [1.807, 2.05) is 11.9 Å². The third-order valence-electron chi connectivity index (χ3n) is 4.67. The fraction of sp³-hybridized carbons (Fsp3) is 0.933. The van der Waals surface area contributed by atoms with Crippen molar-refractivity contribution in [2.75, 3.05) is 39.9 Å². The molecule has 0 aromatic rings. The molecule has 2 fully saturated rings. The Labute approximate surface area is 116 Å². The Morgan fingerprint density at radius 3 is 2.74 bits per heavy atom. The van der Waals surface area contributed by atoms with Crippen LogP contribution in [0, 0.1) is 17.8 Å². The highest BCUT2D eigenvalue weighted by molar-refractivity contribution is 5.76. The predicted molar refractivity (Wildman–Crippen MR) is 75.9 cm³/mol. The molecule has 0 radical (unpaired) electrons. The summed E-state index contributed by atoms with van der Waals surface area (Å²) in [5.41, 5.74) is 0. The number of rotatable bonds is 5. The lowest BCUT2D eigenvalue weighted by Crippen LogP contribution is -2.36. The van der Waals surface area contributed by atoms with Crippen LogP contribution in [0.2, 0.25) is 0 Å². The van der Waals surface area contributed by atoms with Gasteiger partial charge in [0.05, 0.1) is 6.61 Å². The van der Waals surface area contributed by atoms with Crippen LogP contribution < -0.4 is 5.32 Å². The monoisotopic (exact) mass is 268 g/mol. The van der Waals surface area contributed by atoms with E-state index in [0.29, 0.717) is 30.1 Å². The molecule has 2 heterocycles. The lowest BCUT2D eigenvalue weighted by Gasteiger charge is -2.29. The lowest BCUT2D eigenvalue weighted by molar-refractivity contribution is -0.131. The summed E-state index contributed by atoms with van der Waals surface area (Å²) in [6, 6.07) is 0. The maximum Gasteiger partial charge on any atom is 0.222 e. The van der Waals surface area contributed by atoms with Gasteiger partial charge >= 0.3 is 0 Å². The molecule has 2 unspecified atom stereocenters. The molecule has 19 heavy (non-hydrogen) atoms. The normalized spacial score (nSPS) is 26.3. The molecule has 0 aromatic carbocycles. The van der Waals surface area contributed by atoms with Gasteiger partial charge in [-0.3, -0.25) is 4.79 Å². The molecule has 110 valence electrons. The smallest absolute Gasteiger partial charge is 0.222 e. The van der Waals surface area contributed by atoms with Gasteiger partial charge in [-0.15, -0.1) is 0 Å². The maximum atomic E-state index is 12.3. The summed E-state index contributed by atoms with van der Waals surface area (Å²) in [6.07, 6.45) is 4.24. The Hall–Kier alpha value is -0.610. The molecule has 0 aliphatic carbocycles. The fourth-order valence-electron chi connectivity index (χ4n) is 3.23. The summed E-state index contributed by atoms with van der Waals surface area (Å²) >= 11 is 0. The summed E-state index contributed by atoms with van der Waals surface area (Å²) in [4.78, 5) is 14.2. The number of nitrogens with one attached hydrogen (secondary N) is 1. The van der Waals surface area contributed by atoms with Crippen LogP contribution in [0.15, 0.2) is 0 Å². The Morgan fingerprint density at radius 2 is 2.11 bits per heavy atom. The van der Waals surface area contributed by atoms with E-state index in [1.165, 1.54) is 12.8 Å². The Bertz CT molecular complexity index is 284. The van der Waals surface area contributed by atoms with Gasteiger partial charge in [0.15, 0.2) is 0 Å². The molecule has 1 N–H and O–H groups in total. The van der Waals surface area contributed by atoms with Crippen LogP contribution in [0.25, 0.3) is 0 Å². The van der Waals surface area contributed by atoms with E-state index in [2.05, 4.69) is 12.2 Å². The van der Waals surface area contributed by atoms with Gasteiger partial charge < -0.3 is 15.0 Å². The van der Waals surface area contributed by atoms with E-state index in [0.717, 1.165) is 39.3 Å². The van der Waals surface area contributed by atoms with Gasteiger partial charge in [0.1, 0.15) is 0 Å². The summed E-state index contributed by atoms with van der Waals surface area (Å²) in [6.45, 7) is 6.99. The van der Waals surface area contributed by atoms with Gasteiger partial charge in [0.25, 0.3) is 0 Å². The highest BCUT2D eigenvalue weighted by atomic mass is 16.5. The first kappa shape index (κ1) is 14.8. The second-order valence-electron chi connectivity index (χ2n) is 6.27. The van der Waals surface area contributed by atoms with Crippen molar-refractivity contribution in [3.63, 3.8) is 0 Å². The van der Waals surface area contributed by atoms with Gasteiger partial charge in [-0.25, -0.2) is 0 Å². The molecule has 2 atom stereocenters. The summed E-state index contributed by atoms with van der Waals surface area (Å²) in [7, 11) is 1.94. The van der Waals surface area contributed by atoms with Crippen molar-refractivity contribution in [1.29, 1.82) is 0 Å².